The van der Waals surface area contributed by atoms with E-state index in [2.05, 4.69) is 0 Å². The van der Waals surface area contributed by atoms with E-state index in [0.717, 1.165) is 0 Å². The third-order valence-corrected chi connectivity index (χ3v) is 0. The molecule has 0 bridgehead atoms. The third kappa shape index (κ3) is 30.3. The number of hydrogen-bond acceptors (Lipinski definition) is 0. The minimum atomic E-state index is 0. The molecule has 0 spiro atoms. The van der Waals surface area contributed by atoms with E-state index in [9.17, 15) is 0 Å². The predicted molar refractivity (Wildman–Crippen MR) is 46.2 cm³/mol. The third-order valence-electron chi connectivity index (χ3n) is 0. The van der Waals surface area contributed by atoms with Crippen molar-refractivity contribution in [2.45, 2.75) is 0 Å². The smallest absolute Gasteiger partial charge is 0.0125 e. The van der Waals surface area contributed by atoms with E-state index in [0.29, 0.717) is 0 Å². The maximum absolute atomic E-state index is 1.44. The largest absolute Gasteiger partial charge is 0.0125 e. The zero-order chi connectivity index (χ0) is 2.00. The standard InChI is InChI=1S/2GeH4.H2O.H6Si2/c;;;1-2/h2*1H4;1H2;1-2H3. The van der Waals surface area contributed by atoms with Crippen LogP contribution in [0.5, 0.6) is 0 Å². The Morgan fingerprint density at radius 3 is 0.800 bits per heavy atom. The van der Waals surface area contributed by atoms with Crippen LogP contribution in [0.1, 0.15) is 0 Å². The fourth-order valence-electron chi connectivity index (χ4n) is 0. The molecule has 0 unspecified atom stereocenters. The summed E-state index contributed by atoms with van der Waals surface area (Å²) in [6.07, 6.45) is 0. The monoisotopic (exact) mass is 236 g/mol. The van der Waals surface area contributed by atoms with E-state index in [-0.39, 0.29) is 40.7 Å². The average Bonchev–Trinajstić information content (AvgIpc) is 1.00. The zero-order valence-electron chi connectivity index (χ0n) is 2.50. The minimum Gasteiger partial charge on any atom is -0.0125 e. The number of hydrogen-bond donors (Lipinski definition) is 0. The molecule has 0 radical (unpaired) electrons. The van der Waals surface area contributed by atoms with Crippen LogP contribution < -0.4 is 0 Å². The Hall–Kier alpha value is 1.48. The summed E-state index contributed by atoms with van der Waals surface area (Å²) in [5, 5.41) is 0. The van der Waals surface area contributed by atoms with Gasteiger partial charge in [0.05, 0.1) is 0 Å². The Labute approximate surface area is 60.2 Å². The molecular formula is H16Ge2OSi2. The second kappa shape index (κ2) is 50.2. The van der Waals surface area contributed by atoms with Crippen LogP contribution in [0.15, 0.2) is 0 Å². The first-order chi connectivity index (χ1) is 1.00. The van der Waals surface area contributed by atoms with Crippen molar-refractivity contribution < 1.29 is 5.48 Å². The second-order valence-electron chi connectivity index (χ2n) is 0. The van der Waals surface area contributed by atoms with Gasteiger partial charge in [0, 0.05) is 0 Å². The maximum Gasteiger partial charge on any atom is -0.0125 e. The van der Waals surface area contributed by atoms with Crippen LogP contribution in [0.2, 0.25) is 0 Å². The molecule has 0 aliphatic rings. The molecule has 1 nitrogen and oxygen atoms in total. The van der Waals surface area contributed by atoms with Crippen LogP contribution >= 0.6 is 0 Å². The van der Waals surface area contributed by atoms with Gasteiger partial charge < -0.3 is 5.48 Å². The van der Waals surface area contributed by atoms with Crippen molar-refractivity contribution >= 4 is 54.7 Å². The zero-order valence-corrected chi connectivity index (χ0v) is 6.50. The Morgan fingerprint density at radius 1 is 0.800 bits per heavy atom. The van der Waals surface area contributed by atoms with Gasteiger partial charge in [-0.3, -0.25) is 0 Å². The van der Waals surface area contributed by atoms with Gasteiger partial charge in [-0.2, -0.15) is 0 Å². The summed E-state index contributed by atoms with van der Waals surface area (Å²) < 4.78 is 0. The molecule has 0 fully saturated rings. The molecule has 5 heavy (non-hydrogen) atoms. The van der Waals surface area contributed by atoms with Gasteiger partial charge in [-0.25, -0.2) is 0 Å². The Balaban J connectivity index is -0.00000000167. The fraction of sp³-hybridized carbons (Fsp3) is 0. The second-order valence-corrected chi connectivity index (χ2v) is 0. The fourth-order valence-corrected chi connectivity index (χ4v) is 0. The SMILES string of the molecule is O.[GeH4].[GeH4].[SiH3][SiH3]. The quantitative estimate of drug-likeness (QED) is 0.373. The van der Waals surface area contributed by atoms with Crippen LogP contribution in [-0.2, 0) is 0 Å². The van der Waals surface area contributed by atoms with E-state index in [1.807, 2.05) is 0 Å². The van der Waals surface area contributed by atoms with E-state index < -0.39 is 0 Å². The topological polar surface area (TPSA) is 31.5 Å². The van der Waals surface area contributed by atoms with Crippen molar-refractivity contribution in [3.63, 3.8) is 0 Å². The van der Waals surface area contributed by atoms with Crippen molar-refractivity contribution in [1.82, 2.24) is 0 Å². The molecule has 0 saturated carbocycles. The average molecular weight is 234 g/mol. The van der Waals surface area contributed by atoms with Crippen molar-refractivity contribution in [2.75, 3.05) is 0 Å². The van der Waals surface area contributed by atoms with Gasteiger partial charge in [-0.05, 0) is 19.5 Å². The molecule has 38 valence electrons. The first-order valence-corrected chi connectivity index (χ1v) is 9.00. The molecular weight excluding hydrogens is 217 g/mol. The van der Waals surface area contributed by atoms with E-state index >= 15 is 0 Å². The van der Waals surface area contributed by atoms with Gasteiger partial charge in [0.2, 0.25) is 0 Å². The molecule has 0 aromatic rings. The van der Waals surface area contributed by atoms with Crippen molar-refractivity contribution in [3.05, 3.63) is 0 Å². The summed E-state index contributed by atoms with van der Waals surface area (Å²) in [4.78, 5) is 0. The van der Waals surface area contributed by atoms with E-state index in [1.165, 1.54) is 19.5 Å². The van der Waals surface area contributed by atoms with Crippen LogP contribution in [0.25, 0.3) is 0 Å². The Morgan fingerprint density at radius 2 is 0.800 bits per heavy atom. The molecule has 0 amide bonds. The van der Waals surface area contributed by atoms with Crippen molar-refractivity contribution in [1.29, 1.82) is 0 Å². The molecule has 0 saturated heterocycles. The molecule has 0 atom stereocenters. The van der Waals surface area contributed by atoms with Crippen LogP contribution in [-0.4, -0.2) is 60.2 Å². The molecule has 0 aromatic heterocycles. The molecule has 5 heteroatoms. The van der Waals surface area contributed by atoms with Gasteiger partial charge >= 0.3 is 35.2 Å². The van der Waals surface area contributed by atoms with E-state index in [4.69, 9.17) is 0 Å². The molecule has 0 aliphatic heterocycles. The summed E-state index contributed by atoms with van der Waals surface area (Å²) in [6, 6.07) is 0. The summed E-state index contributed by atoms with van der Waals surface area (Å²) >= 11 is 0. The summed E-state index contributed by atoms with van der Waals surface area (Å²) in [6.45, 7) is 0. The summed E-state index contributed by atoms with van der Waals surface area (Å²) in [5.41, 5.74) is 0. The van der Waals surface area contributed by atoms with Crippen LogP contribution in [0.3, 0.4) is 0 Å². The van der Waals surface area contributed by atoms with Gasteiger partial charge in [0.15, 0.2) is 0 Å². The van der Waals surface area contributed by atoms with Gasteiger partial charge in [-0.1, -0.05) is 0 Å². The van der Waals surface area contributed by atoms with Crippen molar-refractivity contribution in [2.24, 2.45) is 0 Å². The molecule has 0 aliphatic carbocycles. The first-order valence-electron chi connectivity index (χ1n) is 1.00. The first kappa shape index (κ1) is 31.6. The molecule has 2 N–H and O–H groups in total. The summed E-state index contributed by atoms with van der Waals surface area (Å²) in [5.74, 6) is 0. The van der Waals surface area contributed by atoms with Crippen molar-refractivity contribution in [3.8, 4) is 0 Å². The minimum absolute atomic E-state index is 0. The van der Waals surface area contributed by atoms with E-state index in [1.54, 1.807) is 0 Å². The number of rotatable bonds is 0. The van der Waals surface area contributed by atoms with Gasteiger partial charge in [0.1, 0.15) is 0 Å². The molecule has 0 rings (SSSR count). The predicted octanol–water partition coefficient (Wildman–Crippen LogP) is -6.10. The van der Waals surface area contributed by atoms with Gasteiger partial charge in [-0.15, -0.1) is 0 Å². The Bertz CT molecular complexity index is 7.61. The normalized spacial score (nSPS) is 2.40. The van der Waals surface area contributed by atoms with Gasteiger partial charge in [0.25, 0.3) is 0 Å². The Kier molecular flexibility index (Phi) is 318. The molecule has 0 aromatic carbocycles. The maximum atomic E-state index is 1.44. The molecule has 0 heterocycles. The van der Waals surface area contributed by atoms with Crippen LogP contribution in [0.4, 0.5) is 0 Å². The summed E-state index contributed by atoms with van der Waals surface area (Å²) in [7, 11) is 2.89. The van der Waals surface area contributed by atoms with Crippen LogP contribution in [0, 0.1) is 0 Å².